The average Bonchev–Trinajstić information content (AvgIpc) is 2.32. The number of nitrogens with two attached hydrogens (primary N) is 1. The van der Waals surface area contributed by atoms with Crippen molar-refractivity contribution in [1.82, 2.24) is 4.90 Å². The number of amides is 1. The first-order valence-electron chi connectivity index (χ1n) is 5.30. The molecule has 0 aromatic rings. The van der Waals surface area contributed by atoms with Gasteiger partial charge in [-0.25, -0.2) is 0 Å². The van der Waals surface area contributed by atoms with Crippen LogP contribution < -0.4 is 5.73 Å². The van der Waals surface area contributed by atoms with Crippen molar-refractivity contribution in [1.29, 1.82) is 0 Å². The number of carbonyl (C=O) groups is 1. The quantitative estimate of drug-likeness (QED) is 0.712. The van der Waals surface area contributed by atoms with Gasteiger partial charge in [0.1, 0.15) is 0 Å². The molecule has 0 aromatic carbocycles. The molecule has 0 aliphatic carbocycles. The van der Waals surface area contributed by atoms with E-state index in [2.05, 4.69) is 4.90 Å². The number of likely N-dealkylation sites (tertiary alicyclic amines) is 1. The minimum atomic E-state index is -0.171. The van der Waals surface area contributed by atoms with Gasteiger partial charge in [-0.05, 0) is 38.9 Å². The molecule has 3 nitrogen and oxygen atoms in total. The van der Waals surface area contributed by atoms with Crippen LogP contribution >= 0.6 is 0 Å². The second-order valence-corrected chi connectivity index (χ2v) is 3.83. The maximum atomic E-state index is 10.5. The van der Waals surface area contributed by atoms with E-state index in [4.69, 9.17) is 5.73 Å². The molecule has 0 bridgehead atoms. The van der Waals surface area contributed by atoms with Gasteiger partial charge in [0.05, 0.1) is 0 Å². The van der Waals surface area contributed by atoms with Crippen LogP contribution in [0, 0.1) is 0 Å². The van der Waals surface area contributed by atoms with Gasteiger partial charge >= 0.3 is 0 Å². The summed E-state index contributed by atoms with van der Waals surface area (Å²) >= 11 is 0. The Morgan fingerprint density at radius 3 is 2.31 bits per heavy atom. The summed E-state index contributed by atoms with van der Waals surface area (Å²) in [5.74, 6) is -0.171. The van der Waals surface area contributed by atoms with E-state index in [1.807, 2.05) is 0 Å². The molecular formula is C10H20N2O. The maximum absolute atomic E-state index is 10.5. The molecule has 1 amide bonds. The second kappa shape index (κ2) is 5.97. The first-order chi connectivity index (χ1) is 6.29. The monoisotopic (exact) mass is 184 g/mol. The summed E-state index contributed by atoms with van der Waals surface area (Å²) in [4.78, 5) is 13.0. The highest BCUT2D eigenvalue weighted by Gasteiger charge is 2.08. The molecule has 13 heavy (non-hydrogen) atoms. The SMILES string of the molecule is NC(=O)CCCN1CCCCCC1. The normalized spacial score (nSPS) is 19.7. The molecule has 0 saturated carbocycles. The molecule has 0 aromatic heterocycles. The van der Waals surface area contributed by atoms with Gasteiger partial charge in [0.25, 0.3) is 0 Å². The van der Waals surface area contributed by atoms with Crippen molar-refractivity contribution >= 4 is 5.91 Å². The number of hydrogen-bond donors (Lipinski definition) is 1. The van der Waals surface area contributed by atoms with Crippen LogP contribution in [-0.4, -0.2) is 30.4 Å². The fourth-order valence-electron chi connectivity index (χ4n) is 1.84. The molecule has 3 heteroatoms. The van der Waals surface area contributed by atoms with Gasteiger partial charge in [-0.1, -0.05) is 12.8 Å². The van der Waals surface area contributed by atoms with E-state index in [0.29, 0.717) is 6.42 Å². The first-order valence-corrected chi connectivity index (χ1v) is 5.30. The van der Waals surface area contributed by atoms with Crippen LogP contribution in [0.25, 0.3) is 0 Å². The Morgan fingerprint density at radius 2 is 1.77 bits per heavy atom. The van der Waals surface area contributed by atoms with E-state index in [1.165, 1.54) is 38.8 Å². The fourth-order valence-corrected chi connectivity index (χ4v) is 1.84. The van der Waals surface area contributed by atoms with Crippen LogP contribution in [0.15, 0.2) is 0 Å². The predicted molar refractivity (Wildman–Crippen MR) is 53.3 cm³/mol. The van der Waals surface area contributed by atoms with E-state index < -0.39 is 0 Å². The molecule has 1 aliphatic heterocycles. The van der Waals surface area contributed by atoms with Crippen LogP contribution in [0.1, 0.15) is 38.5 Å². The fraction of sp³-hybridized carbons (Fsp3) is 0.900. The summed E-state index contributed by atoms with van der Waals surface area (Å²) in [6, 6.07) is 0. The number of carbonyl (C=O) groups excluding carboxylic acids is 1. The van der Waals surface area contributed by atoms with Crippen molar-refractivity contribution in [3.05, 3.63) is 0 Å². The Morgan fingerprint density at radius 1 is 1.15 bits per heavy atom. The molecule has 0 radical (unpaired) electrons. The summed E-state index contributed by atoms with van der Waals surface area (Å²) < 4.78 is 0. The zero-order valence-electron chi connectivity index (χ0n) is 8.30. The average molecular weight is 184 g/mol. The molecule has 2 N–H and O–H groups in total. The van der Waals surface area contributed by atoms with Crippen LogP contribution in [0.3, 0.4) is 0 Å². The standard InChI is InChI=1S/C10H20N2O/c11-10(13)6-5-9-12-7-3-1-2-4-8-12/h1-9H2,(H2,11,13). The zero-order chi connectivity index (χ0) is 9.52. The summed E-state index contributed by atoms with van der Waals surface area (Å²) in [7, 11) is 0. The van der Waals surface area contributed by atoms with Gasteiger partial charge < -0.3 is 10.6 Å². The Kier molecular flexibility index (Phi) is 4.83. The molecule has 0 unspecified atom stereocenters. The minimum absolute atomic E-state index is 0.171. The number of nitrogens with zero attached hydrogens (tertiary/aromatic N) is 1. The zero-order valence-corrected chi connectivity index (χ0v) is 8.30. The van der Waals surface area contributed by atoms with Crippen LogP contribution in [0.4, 0.5) is 0 Å². The Balaban J connectivity index is 2.08. The first kappa shape index (κ1) is 10.5. The molecule has 1 saturated heterocycles. The Hall–Kier alpha value is -0.570. The Bertz CT molecular complexity index is 151. The van der Waals surface area contributed by atoms with Crippen molar-refractivity contribution in [2.24, 2.45) is 5.73 Å². The highest BCUT2D eigenvalue weighted by molar-refractivity contribution is 5.73. The lowest BCUT2D eigenvalue weighted by Gasteiger charge is -2.18. The molecular weight excluding hydrogens is 164 g/mol. The van der Waals surface area contributed by atoms with Gasteiger partial charge in [-0.3, -0.25) is 4.79 Å². The second-order valence-electron chi connectivity index (χ2n) is 3.83. The van der Waals surface area contributed by atoms with E-state index in [1.54, 1.807) is 0 Å². The summed E-state index contributed by atoms with van der Waals surface area (Å²) in [6.45, 7) is 3.46. The third-order valence-electron chi connectivity index (χ3n) is 2.60. The van der Waals surface area contributed by atoms with Crippen LogP contribution in [0.5, 0.6) is 0 Å². The predicted octanol–water partition coefficient (Wildman–Crippen LogP) is 1.13. The van der Waals surface area contributed by atoms with Crippen molar-refractivity contribution in [2.45, 2.75) is 38.5 Å². The van der Waals surface area contributed by atoms with Gasteiger partial charge in [-0.2, -0.15) is 0 Å². The molecule has 0 atom stereocenters. The van der Waals surface area contributed by atoms with E-state index >= 15 is 0 Å². The Labute approximate surface area is 80.3 Å². The van der Waals surface area contributed by atoms with Gasteiger partial charge in [0.2, 0.25) is 5.91 Å². The van der Waals surface area contributed by atoms with Gasteiger partial charge in [0.15, 0.2) is 0 Å². The molecule has 1 fully saturated rings. The topological polar surface area (TPSA) is 46.3 Å². The summed E-state index contributed by atoms with van der Waals surface area (Å²) in [5.41, 5.74) is 5.08. The molecule has 1 heterocycles. The number of rotatable bonds is 4. The van der Waals surface area contributed by atoms with Crippen LogP contribution in [0.2, 0.25) is 0 Å². The summed E-state index contributed by atoms with van der Waals surface area (Å²) in [5, 5.41) is 0. The summed E-state index contributed by atoms with van der Waals surface area (Å²) in [6.07, 6.45) is 6.83. The minimum Gasteiger partial charge on any atom is -0.370 e. The highest BCUT2D eigenvalue weighted by Crippen LogP contribution is 2.09. The largest absolute Gasteiger partial charge is 0.370 e. The maximum Gasteiger partial charge on any atom is 0.217 e. The highest BCUT2D eigenvalue weighted by atomic mass is 16.1. The van der Waals surface area contributed by atoms with Gasteiger partial charge in [-0.15, -0.1) is 0 Å². The molecule has 76 valence electrons. The van der Waals surface area contributed by atoms with E-state index in [0.717, 1.165) is 13.0 Å². The van der Waals surface area contributed by atoms with Crippen molar-refractivity contribution < 1.29 is 4.79 Å². The third kappa shape index (κ3) is 4.88. The smallest absolute Gasteiger partial charge is 0.217 e. The molecule has 1 rings (SSSR count). The van der Waals surface area contributed by atoms with E-state index in [9.17, 15) is 4.79 Å². The van der Waals surface area contributed by atoms with Crippen molar-refractivity contribution in [2.75, 3.05) is 19.6 Å². The molecule has 1 aliphatic rings. The van der Waals surface area contributed by atoms with Crippen molar-refractivity contribution in [3.8, 4) is 0 Å². The lowest BCUT2D eigenvalue weighted by atomic mass is 10.2. The van der Waals surface area contributed by atoms with Gasteiger partial charge in [0, 0.05) is 6.42 Å². The number of primary amides is 1. The lowest BCUT2D eigenvalue weighted by molar-refractivity contribution is -0.118. The third-order valence-corrected chi connectivity index (χ3v) is 2.60. The molecule has 0 spiro atoms. The lowest BCUT2D eigenvalue weighted by Crippen LogP contribution is -2.26. The number of hydrogen-bond acceptors (Lipinski definition) is 2. The van der Waals surface area contributed by atoms with Crippen LogP contribution in [-0.2, 0) is 4.79 Å². The van der Waals surface area contributed by atoms with E-state index in [-0.39, 0.29) is 5.91 Å². The van der Waals surface area contributed by atoms with Crippen molar-refractivity contribution in [3.63, 3.8) is 0 Å².